The minimum Gasteiger partial charge on any atom is -0.477 e. The van der Waals surface area contributed by atoms with Gasteiger partial charge in [-0.3, -0.25) is 19.2 Å². The number of aliphatic carboxylic acids is 1. The maximum atomic E-state index is 13.7. The third-order valence-corrected chi connectivity index (χ3v) is 24.1. The van der Waals surface area contributed by atoms with Crippen LogP contribution in [0.4, 0.5) is 0 Å². The molecule has 0 saturated carbocycles. The quantitative estimate of drug-likeness (QED) is 0.0243. The minimum atomic E-state index is -3.26. The van der Waals surface area contributed by atoms with E-state index >= 15 is 0 Å². The van der Waals surface area contributed by atoms with Crippen molar-refractivity contribution in [3.8, 4) is 0 Å². The molecule has 4 amide bonds. The number of carboxylic acid groups (broad SMARTS) is 1. The molecule has 0 aromatic rings. The van der Waals surface area contributed by atoms with Gasteiger partial charge < -0.3 is 175 Å². The van der Waals surface area contributed by atoms with Gasteiger partial charge in [-0.1, -0.05) is 206 Å². The number of amides is 4. The topological polar surface area (TPSA) is 629 Å². The molecule has 125 heavy (non-hydrogen) atoms. The maximum absolute atomic E-state index is 13.7. The number of hydrogen-bond acceptors (Lipinski definition) is 35. The molecule has 6 aliphatic rings. The number of ether oxygens (including phenoxy) is 12. The smallest absolute Gasteiger partial charge is 0.364 e. The minimum absolute atomic E-state index is 0.132. The largest absolute Gasteiger partial charge is 0.477 e. The van der Waals surface area contributed by atoms with Gasteiger partial charge in [0.15, 0.2) is 31.5 Å². The first-order valence-corrected chi connectivity index (χ1v) is 45.6. The van der Waals surface area contributed by atoms with E-state index in [0.717, 1.165) is 78.6 Å². The standard InChI is InChI=1S/C85H152N4O36/c1-6-8-10-12-14-16-18-20-21-22-23-24-25-27-29-31-33-35-37-39-60(102)89-51(52(99)38-36-34-32-30-28-26-19-17-15-13-11-9-7-2)47-114-81-70(109)69(108)74(58(45-94)118-81)121-83-72(111)78(75(59(46-95)119-83)122-79-62(87-49(4)97)67(106)65(104)55(42-91)115-79)123-80-63(88-50(5)98)68(107)73(57(44-93)117-80)120-82-71(110)77(66(105)56(43-92)116-82)125-85(84(112)113)40-53(100)61(86-48(3)96)76(124-85)64(103)54(101)41-90/h36,38,51-59,61-83,90-95,99-101,103-111H,6-35,37,39-47H2,1-5H3,(H,86,96)(H,87,97)(H,88,98)(H,89,102)(H,112,113)/b38-36+/t51-,52+,53?,54+,55?,56?,57?,58?,59?,61+,62?,63?,64+,65-,66-,67+,68+,69+,70?,71?,72?,73+,74+,75-,76?,77-,78+,79-,80-,81+,82-,83-,85-/m0/s1. The van der Waals surface area contributed by atoms with Crippen molar-refractivity contribution in [2.24, 2.45) is 0 Å². The molecule has 0 aromatic carbocycles. The van der Waals surface area contributed by atoms with Crippen LogP contribution in [-0.4, -0.2) is 375 Å². The average molecular weight is 1810 g/mol. The Morgan fingerprint density at radius 2 is 0.800 bits per heavy atom. The number of rotatable bonds is 60. The zero-order valence-electron chi connectivity index (χ0n) is 73.4. The van der Waals surface area contributed by atoms with Crippen molar-refractivity contribution in [1.29, 1.82) is 0 Å². The van der Waals surface area contributed by atoms with Crippen molar-refractivity contribution in [1.82, 2.24) is 21.3 Å². The number of carbonyl (C=O) groups excluding carboxylic acids is 4. The van der Waals surface area contributed by atoms with Gasteiger partial charge in [0.05, 0.1) is 70.5 Å². The van der Waals surface area contributed by atoms with Crippen LogP contribution in [0.1, 0.15) is 247 Å². The monoisotopic (exact) mass is 1810 g/mol. The second kappa shape index (κ2) is 58.0. The van der Waals surface area contributed by atoms with E-state index in [-0.39, 0.29) is 12.3 Å². The summed E-state index contributed by atoms with van der Waals surface area (Å²) < 4.78 is 72.5. The fourth-order valence-electron chi connectivity index (χ4n) is 16.9. The van der Waals surface area contributed by atoms with Crippen molar-refractivity contribution >= 4 is 29.6 Å². The number of carbonyl (C=O) groups is 5. The molecule has 40 nitrogen and oxygen atoms in total. The van der Waals surface area contributed by atoms with Crippen LogP contribution in [-0.2, 0) is 80.8 Å². The van der Waals surface area contributed by atoms with E-state index in [4.69, 9.17) is 56.8 Å². The van der Waals surface area contributed by atoms with Gasteiger partial charge in [-0.25, -0.2) is 4.79 Å². The third kappa shape index (κ3) is 33.8. The van der Waals surface area contributed by atoms with E-state index in [9.17, 15) is 121 Å². The molecule has 12 unspecified atom stereocenters. The number of unbranched alkanes of at least 4 members (excludes halogenated alkanes) is 29. The second-order valence-electron chi connectivity index (χ2n) is 34.2. The molecular formula is C85H152N4O36. The second-order valence-corrected chi connectivity index (χ2v) is 34.2. The summed E-state index contributed by atoms with van der Waals surface area (Å²) in [5.74, 6) is -8.40. The summed E-state index contributed by atoms with van der Waals surface area (Å²) in [6.07, 6.45) is -20.0. The summed E-state index contributed by atoms with van der Waals surface area (Å²) in [6, 6.07) is -6.63. The summed E-state index contributed by atoms with van der Waals surface area (Å²) in [7, 11) is 0. The lowest BCUT2D eigenvalue weighted by molar-refractivity contribution is -0.398. The molecule has 6 heterocycles. The number of carboxylic acids is 1. The number of hydrogen-bond donors (Lipinski definition) is 23. The maximum Gasteiger partial charge on any atom is 0.364 e. The van der Waals surface area contributed by atoms with E-state index in [2.05, 4.69) is 35.1 Å². The Bertz CT molecular complexity index is 3040. The Balaban J connectivity index is 1.21. The highest BCUT2D eigenvalue weighted by Gasteiger charge is 2.62. The molecule has 23 N–H and O–H groups in total. The SMILES string of the molecule is CCCCCCCCCCCCC/C=C/[C@@H](O)[C@H](CO[C@@H]1OC(CO)[C@@H](O[C@@H]2OC(CO)[C@H](O[C@@H]3OC(CO)[C@H](O)[C@H](O)C3NC(C)=O)[C@H](O[C@@H]3OC(CO)[C@@H](O[C@@H]4OC(CO)[C@H](O)[C@H](O[C@]5(C(=O)O)CC(O)[C@@H](NC(C)=O)C([C@H](O)[C@H](O)CO)O5)C4O)[C@H](O)C3NC(C)=O)C2O)[C@H](O)C1O)NC(=O)CCCCCCCCCCCCCCCCCCCCC. The molecule has 33 atom stereocenters. The van der Waals surface area contributed by atoms with Crippen LogP contribution in [0.3, 0.4) is 0 Å². The molecule has 6 aliphatic heterocycles. The van der Waals surface area contributed by atoms with Gasteiger partial charge in [0.1, 0.15) is 140 Å². The van der Waals surface area contributed by atoms with Crippen LogP contribution < -0.4 is 21.3 Å². The van der Waals surface area contributed by atoms with Crippen molar-refractivity contribution < 1.29 is 178 Å². The van der Waals surface area contributed by atoms with Gasteiger partial charge >= 0.3 is 5.97 Å². The number of nitrogens with one attached hydrogen (secondary N) is 4. The predicted octanol–water partition coefficient (Wildman–Crippen LogP) is -1.51. The van der Waals surface area contributed by atoms with E-state index in [1.54, 1.807) is 6.08 Å². The lowest BCUT2D eigenvalue weighted by Gasteiger charge is -2.52. The lowest BCUT2D eigenvalue weighted by atomic mass is 9.88. The van der Waals surface area contributed by atoms with E-state index < -0.39 is 278 Å². The zero-order chi connectivity index (χ0) is 91.9. The third-order valence-electron chi connectivity index (χ3n) is 24.1. The first-order valence-electron chi connectivity index (χ1n) is 45.6. The summed E-state index contributed by atoms with van der Waals surface area (Å²) in [5, 5.41) is 224. The lowest BCUT2D eigenvalue weighted by Crippen LogP contribution is -2.72. The summed E-state index contributed by atoms with van der Waals surface area (Å²) in [5.41, 5.74) is 0. The Labute approximate surface area is 732 Å². The summed E-state index contributed by atoms with van der Waals surface area (Å²) in [4.78, 5) is 65.3. The van der Waals surface area contributed by atoms with E-state index in [0.29, 0.717) is 12.8 Å². The van der Waals surface area contributed by atoms with Gasteiger partial charge in [0.25, 0.3) is 5.79 Å². The first-order chi connectivity index (χ1) is 59.9. The van der Waals surface area contributed by atoms with Gasteiger partial charge in [0.2, 0.25) is 23.6 Å². The van der Waals surface area contributed by atoms with Crippen LogP contribution in [0.15, 0.2) is 12.2 Å². The summed E-state index contributed by atoms with van der Waals surface area (Å²) >= 11 is 0. The summed E-state index contributed by atoms with van der Waals surface area (Å²) in [6.45, 7) is 0.122. The Hall–Kier alpha value is -4.11. The highest BCUT2D eigenvalue weighted by atomic mass is 16.8. The molecule has 0 spiro atoms. The van der Waals surface area contributed by atoms with Crippen molar-refractivity contribution in [3.05, 3.63) is 12.2 Å². The highest BCUT2D eigenvalue weighted by Crippen LogP contribution is 2.41. The van der Waals surface area contributed by atoms with Gasteiger partial charge in [-0.15, -0.1) is 0 Å². The van der Waals surface area contributed by atoms with Gasteiger partial charge in [-0.2, -0.15) is 0 Å². The van der Waals surface area contributed by atoms with E-state index in [1.165, 1.54) is 128 Å². The molecule has 0 aromatic heterocycles. The molecule has 6 fully saturated rings. The van der Waals surface area contributed by atoms with Crippen LogP contribution >= 0.6 is 0 Å². The fraction of sp³-hybridized carbons (Fsp3) is 0.918. The number of aliphatic hydroxyl groups excluding tert-OH is 18. The molecule has 6 saturated heterocycles. The van der Waals surface area contributed by atoms with Crippen LogP contribution in [0.5, 0.6) is 0 Å². The van der Waals surface area contributed by atoms with Gasteiger partial charge in [-0.05, 0) is 19.3 Å². The van der Waals surface area contributed by atoms with Crippen LogP contribution in [0, 0.1) is 0 Å². The van der Waals surface area contributed by atoms with Crippen molar-refractivity contribution in [2.45, 2.75) is 448 Å². The molecule has 0 bridgehead atoms. The Morgan fingerprint density at radius 1 is 0.416 bits per heavy atom. The van der Waals surface area contributed by atoms with Crippen molar-refractivity contribution in [2.75, 3.05) is 46.2 Å². The first kappa shape index (κ1) is 110. The predicted molar refractivity (Wildman–Crippen MR) is 441 cm³/mol. The Morgan fingerprint density at radius 3 is 1.26 bits per heavy atom. The Kier molecular flexibility index (Phi) is 50.9. The number of allylic oxidation sites excluding steroid dienone is 1. The van der Waals surface area contributed by atoms with Gasteiger partial charge in [0, 0.05) is 33.6 Å². The highest BCUT2D eigenvalue weighted by molar-refractivity contribution is 5.77. The number of aliphatic hydroxyl groups is 18. The van der Waals surface area contributed by atoms with E-state index in [1.807, 2.05) is 6.08 Å². The molecule has 6 rings (SSSR count). The fourth-order valence-corrected chi connectivity index (χ4v) is 16.9. The molecule has 728 valence electrons. The molecule has 0 aliphatic carbocycles. The van der Waals surface area contributed by atoms with Crippen LogP contribution in [0.25, 0.3) is 0 Å². The van der Waals surface area contributed by atoms with Crippen LogP contribution in [0.2, 0.25) is 0 Å². The molecule has 40 heteroatoms. The molecular weight excluding hydrogens is 1650 g/mol. The normalized spacial score (nSPS) is 35.0. The molecule has 0 radical (unpaired) electrons. The zero-order valence-corrected chi connectivity index (χ0v) is 73.4. The van der Waals surface area contributed by atoms with Crippen molar-refractivity contribution in [3.63, 3.8) is 0 Å². The average Bonchev–Trinajstić information content (AvgIpc) is 0.752.